The van der Waals surface area contributed by atoms with Crippen LogP contribution < -0.4 is 16.4 Å². The number of nitrogens with zero attached hydrogens (tertiary/aromatic N) is 1. The maximum atomic E-state index is 12.2. The van der Waals surface area contributed by atoms with E-state index in [1.807, 2.05) is 13.8 Å². The smallest absolute Gasteiger partial charge is 0.273 e. The molecule has 0 bridgehead atoms. The van der Waals surface area contributed by atoms with Gasteiger partial charge >= 0.3 is 0 Å². The van der Waals surface area contributed by atoms with Crippen LogP contribution in [0.1, 0.15) is 62.0 Å². The monoisotopic (exact) mass is 308 g/mol. The van der Waals surface area contributed by atoms with Gasteiger partial charge in [0.1, 0.15) is 12.3 Å². The molecule has 0 aromatic carbocycles. The molecule has 22 heavy (non-hydrogen) atoms. The summed E-state index contributed by atoms with van der Waals surface area (Å²) in [6, 6.07) is -0.855. The van der Waals surface area contributed by atoms with Crippen LogP contribution >= 0.6 is 0 Å². The normalized spacial score (nSPS) is 21.6. The second-order valence-electron chi connectivity index (χ2n) is 5.80. The standard InChI is InChI=1S/C15H24N4O3/c1-3-9(2)12(16)15-19-11(8-22-15)14(21)18-10-6-4-5-7-17-13(10)20/h8-10,12H,3-7,16H2,1-2H3,(H,17,20)(H,18,21). The van der Waals surface area contributed by atoms with E-state index in [4.69, 9.17) is 10.2 Å². The Morgan fingerprint density at radius 2 is 2.36 bits per heavy atom. The summed E-state index contributed by atoms with van der Waals surface area (Å²) in [4.78, 5) is 28.2. The molecular weight excluding hydrogens is 284 g/mol. The molecule has 1 fully saturated rings. The number of nitrogens with one attached hydrogen (secondary N) is 2. The average Bonchev–Trinajstić information content (AvgIpc) is 2.93. The molecule has 2 rings (SSSR count). The van der Waals surface area contributed by atoms with Crippen LogP contribution in [0.15, 0.2) is 10.7 Å². The summed E-state index contributed by atoms with van der Waals surface area (Å²) in [5.74, 6) is 0.00582. The summed E-state index contributed by atoms with van der Waals surface area (Å²) in [6.07, 6.45) is 4.64. The Bertz CT molecular complexity index is 529. The molecule has 3 unspecified atom stereocenters. The molecule has 2 heterocycles. The van der Waals surface area contributed by atoms with Crippen molar-refractivity contribution in [2.24, 2.45) is 11.7 Å². The minimum Gasteiger partial charge on any atom is -0.446 e. The largest absolute Gasteiger partial charge is 0.446 e. The van der Waals surface area contributed by atoms with Crippen LogP contribution in [0.2, 0.25) is 0 Å². The van der Waals surface area contributed by atoms with Crippen LogP contribution in [0.4, 0.5) is 0 Å². The number of amides is 2. The topological polar surface area (TPSA) is 110 Å². The van der Waals surface area contributed by atoms with Gasteiger partial charge in [-0.15, -0.1) is 0 Å². The minimum atomic E-state index is -0.515. The Hall–Kier alpha value is -1.89. The number of hydrogen-bond donors (Lipinski definition) is 3. The highest BCUT2D eigenvalue weighted by Gasteiger charge is 2.25. The maximum Gasteiger partial charge on any atom is 0.273 e. The van der Waals surface area contributed by atoms with Crippen molar-refractivity contribution in [3.63, 3.8) is 0 Å². The Labute approximate surface area is 130 Å². The van der Waals surface area contributed by atoms with E-state index in [-0.39, 0.29) is 23.6 Å². The van der Waals surface area contributed by atoms with E-state index in [2.05, 4.69) is 15.6 Å². The van der Waals surface area contributed by atoms with Gasteiger partial charge in [0.15, 0.2) is 5.69 Å². The number of oxazole rings is 1. The maximum absolute atomic E-state index is 12.2. The lowest BCUT2D eigenvalue weighted by Crippen LogP contribution is -2.45. The predicted molar refractivity (Wildman–Crippen MR) is 81.0 cm³/mol. The van der Waals surface area contributed by atoms with Gasteiger partial charge in [0.25, 0.3) is 5.91 Å². The molecule has 1 aromatic rings. The van der Waals surface area contributed by atoms with Gasteiger partial charge in [-0.3, -0.25) is 9.59 Å². The zero-order chi connectivity index (χ0) is 16.1. The van der Waals surface area contributed by atoms with E-state index < -0.39 is 11.9 Å². The lowest BCUT2D eigenvalue weighted by molar-refractivity contribution is -0.122. The highest BCUT2D eigenvalue weighted by molar-refractivity contribution is 5.95. The average molecular weight is 308 g/mol. The predicted octanol–water partition coefficient (Wildman–Crippen LogP) is 1.12. The number of rotatable bonds is 5. The van der Waals surface area contributed by atoms with Gasteiger partial charge in [-0.05, 0) is 25.2 Å². The highest BCUT2D eigenvalue weighted by atomic mass is 16.3. The summed E-state index contributed by atoms with van der Waals surface area (Å²) < 4.78 is 5.31. The summed E-state index contributed by atoms with van der Waals surface area (Å²) in [7, 11) is 0. The van der Waals surface area contributed by atoms with Crippen LogP contribution in [0, 0.1) is 5.92 Å². The van der Waals surface area contributed by atoms with E-state index in [1.165, 1.54) is 6.26 Å². The van der Waals surface area contributed by atoms with Crippen molar-refractivity contribution >= 4 is 11.8 Å². The van der Waals surface area contributed by atoms with Crippen LogP contribution in [0.3, 0.4) is 0 Å². The van der Waals surface area contributed by atoms with Crippen molar-refractivity contribution in [2.75, 3.05) is 6.54 Å². The summed E-state index contributed by atoms with van der Waals surface area (Å²) in [5.41, 5.74) is 6.20. The lowest BCUT2D eigenvalue weighted by atomic mass is 10.0. The summed E-state index contributed by atoms with van der Waals surface area (Å²) in [5, 5.41) is 5.49. The molecule has 1 aromatic heterocycles. The van der Waals surface area contributed by atoms with Crippen LogP contribution in [0.5, 0.6) is 0 Å². The zero-order valence-corrected chi connectivity index (χ0v) is 13.1. The first-order valence-corrected chi connectivity index (χ1v) is 7.82. The molecule has 0 radical (unpaired) electrons. The number of carbonyl (C=O) groups is 2. The van der Waals surface area contributed by atoms with E-state index >= 15 is 0 Å². The molecule has 0 saturated carbocycles. The van der Waals surface area contributed by atoms with Gasteiger partial charge in [-0.1, -0.05) is 20.3 Å². The van der Waals surface area contributed by atoms with E-state index in [9.17, 15) is 9.59 Å². The van der Waals surface area contributed by atoms with Crippen molar-refractivity contribution in [3.8, 4) is 0 Å². The zero-order valence-electron chi connectivity index (χ0n) is 13.1. The van der Waals surface area contributed by atoms with Crippen molar-refractivity contribution in [1.29, 1.82) is 0 Å². The lowest BCUT2D eigenvalue weighted by Gasteiger charge is -2.14. The first-order chi connectivity index (χ1) is 10.5. The van der Waals surface area contributed by atoms with E-state index in [1.54, 1.807) is 0 Å². The Morgan fingerprint density at radius 3 is 3.09 bits per heavy atom. The van der Waals surface area contributed by atoms with Gasteiger partial charge in [-0.25, -0.2) is 4.98 Å². The van der Waals surface area contributed by atoms with E-state index in [0.717, 1.165) is 19.3 Å². The van der Waals surface area contributed by atoms with E-state index in [0.29, 0.717) is 18.9 Å². The molecule has 1 saturated heterocycles. The first-order valence-electron chi connectivity index (χ1n) is 7.82. The Kier molecular flexibility index (Phi) is 5.54. The van der Waals surface area contributed by atoms with Gasteiger partial charge in [0.2, 0.25) is 11.8 Å². The van der Waals surface area contributed by atoms with Gasteiger partial charge in [0, 0.05) is 6.54 Å². The van der Waals surface area contributed by atoms with Crippen molar-refractivity contribution in [3.05, 3.63) is 17.8 Å². The molecule has 0 aliphatic carbocycles. The minimum absolute atomic E-state index is 0.147. The molecule has 1 aliphatic rings. The highest BCUT2D eigenvalue weighted by Crippen LogP contribution is 2.21. The number of hydrogen-bond acceptors (Lipinski definition) is 5. The fourth-order valence-corrected chi connectivity index (χ4v) is 2.35. The van der Waals surface area contributed by atoms with Gasteiger partial charge < -0.3 is 20.8 Å². The van der Waals surface area contributed by atoms with Crippen LogP contribution in [-0.4, -0.2) is 29.4 Å². The molecule has 1 aliphatic heterocycles. The quantitative estimate of drug-likeness (QED) is 0.755. The van der Waals surface area contributed by atoms with Gasteiger partial charge in [0.05, 0.1) is 6.04 Å². The fraction of sp³-hybridized carbons (Fsp3) is 0.667. The summed E-state index contributed by atoms with van der Waals surface area (Å²) >= 11 is 0. The molecule has 7 nitrogen and oxygen atoms in total. The third-order valence-corrected chi connectivity index (χ3v) is 4.14. The van der Waals surface area contributed by atoms with Crippen molar-refractivity contribution in [2.45, 2.75) is 51.6 Å². The van der Waals surface area contributed by atoms with Crippen molar-refractivity contribution in [1.82, 2.24) is 15.6 Å². The van der Waals surface area contributed by atoms with Crippen molar-refractivity contribution < 1.29 is 14.0 Å². The summed E-state index contributed by atoms with van der Waals surface area (Å²) in [6.45, 7) is 4.69. The SMILES string of the molecule is CCC(C)C(N)c1nc(C(=O)NC2CCCCNC2=O)co1. The van der Waals surface area contributed by atoms with Gasteiger partial charge in [-0.2, -0.15) is 0 Å². The third kappa shape index (κ3) is 3.85. The fourth-order valence-electron chi connectivity index (χ4n) is 2.35. The molecule has 7 heteroatoms. The molecule has 0 spiro atoms. The number of aromatic nitrogens is 1. The first kappa shape index (κ1) is 16.5. The molecular formula is C15H24N4O3. The Balaban J connectivity index is 2.01. The molecule has 2 amide bonds. The Morgan fingerprint density at radius 1 is 1.59 bits per heavy atom. The van der Waals surface area contributed by atoms with Crippen LogP contribution in [-0.2, 0) is 4.79 Å². The van der Waals surface area contributed by atoms with Crippen LogP contribution in [0.25, 0.3) is 0 Å². The second-order valence-corrected chi connectivity index (χ2v) is 5.80. The second kappa shape index (κ2) is 7.40. The molecule has 122 valence electrons. The molecule has 4 N–H and O–H groups in total. The number of carbonyl (C=O) groups excluding carboxylic acids is 2. The number of nitrogens with two attached hydrogens (primary N) is 1. The molecule has 3 atom stereocenters. The third-order valence-electron chi connectivity index (χ3n) is 4.14.